The lowest BCUT2D eigenvalue weighted by Gasteiger charge is -2.18. The molecule has 34 heavy (non-hydrogen) atoms. The second-order valence-corrected chi connectivity index (χ2v) is 8.31. The first-order valence-electron chi connectivity index (χ1n) is 10.4. The average molecular weight is 476 g/mol. The maximum Gasteiger partial charge on any atom is 0.244 e. The minimum atomic E-state index is -0.634. The highest BCUT2D eigenvalue weighted by molar-refractivity contribution is 7.14. The molecule has 2 amide bonds. The van der Waals surface area contributed by atoms with Gasteiger partial charge < -0.3 is 9.88 Å². The average Bonchev–Trinajstić information content (AvgIpc) is 3.46. The molecule has 172 valence electrons. The van der Waals surface area contributed by atoms with E-state index in [4.69, 9.17) is 0 Å². The molecule has 0 bridgehead atoms. The van der Waals surface area contributed by atoms with Crippen LogP contribution in [0.25, 0.3) is 6.08 Å². The fourth-order valence-electron chi connectivity index (χ4n) is 3.45. The standard InChI is InChI=1S/C25H22FN5O2S/c1-17(32)31(21-9-4-3-5-10-21)25-28-20(16-34-25)11-12-22(33)29-23(24-27-13-14-30(24)2)18-7-6-8-19(26)15-18/h3-16,23H,1-2H3,(H,29,33)/b12-11+. The number of carbonyl (C=O) groups excluding carboxylic acids is 2. The monoisotopic (exact) mass is 475 g/mol. The molecule has 9 heteroatoms. The molecule has 4 rings (SSSR count). The van der Waals surface area contributed by atoms with Crippen LogP contribution in [0.3, 0.4) is 0 Å². The van der Waals surface area contributed by atoms with Gasteiger partial charge in [-0.25, -0.2) is 14.4 Å². The second kappa shape index (κ2) is 10.2. The third-order valence-corrected chi connectivity index (χ3v) is 5.87. The molecule has 0 saturated heterocycles. The van der Waals surface area contributed by atoms with Gasteiger partial charge in [-0.05, 0) is 35.9 Å². The van der Waals surface area contributed by atoms with E-state index in [2.05, 4.69) is 15.3 Å². The molecule has 0 saturated carbocycles. The first-order chi connectivity index (χ1) is 16.4. The van der Waals surface area contributed by atoms with Gasteiger partial charge in [-0.15, -0.1) is 11.3 Å². The van der Waals surface area contributed by atoms with E-state index in [9.17, 15) is 14.0 Å². The van der Waals surface area contributed by atoms with E-state index in [0.29, 0.717) is 27.9 Å². The molecule has 4 aromatic rings. The molecule has 0 aliphatic heterocycles. The van der Waals surface area contributed by atoms with E-state index in [-0.39, 0.29) is 5.91 Å². The van der Waals surface area contributed by atoms with Crippen LogP contribution in [0.5, 0.6) is 0 Å². The van der Waals surface area contributed by atoms with Gasteiger partial charge in [-0.1, -0.05) is 30.3 Å². The van der Waals surface area contributed by atoms with E-state index in [0.717, 1.165) is 0 Å². The number of carbonyl (C=O) groups is 2. The number of anilines is 2. The highest BCUT2D eigenvalue weighted by Gasteiger charge is 2.21. The van der Waals surface area contributed by atoms with Crippen LogP contribution in [-0.2, 0) is 16.6 Å². The zero-order valence-corrected chi connectivity index (χ0v) is 19.4. The fourth-order valence-corrected chi connectivity index (χ4v) is 4.30. The molecule has 2 heterocycles. The summed E-state index contributed by atoms with van der Waals surface area (Å²) in [5.41, 5.74) is 1.83. The van der Waals surface area contributed by atoms with Gasteiger partial charge in [0.2, 0.25) is 11.8 Å². The van der Waals surface area contributed by atoms with Gasteiger partial charge in [0.1, 0.15) is 17.7 Å². The van der Waals surface area contributed by atoms with Crippen molar-refractivity contribution in [3.63, 3.8) is 0 Å². The molecular formula is C25H22FN5O2S. The lowest BCUT2D eigenvalue weighted by Crippen LogP contribution is -2.29. The lowest BCUT2D eigenvalue weighted by molar-refractivity contribution is -0.117. The molecule has 1 unspecified atom stereocenters. The smallest absolute Gasteiger partial charge is 0.244 e. The van der Waals surface area contributed by atoms with Crippen molar-refractivity contribution in [2.24, 2.45) is 7.05 Å². The van der Waals surface area contributed by atoms with Crippen molar-refractivity contribution in [1.82, 2.24) is 19.9 Å². The fraction of sp³-hybridized carbons (Fsp3) is 0.120. The van der Waals surface area contributed by atoms with Crippen molar-refractivity contribution in [3.8, 4) is 0 Å². The molecule has 0 spiro atoms. The number of hydrogen-bond donors (Lipinski definition) is 1. The zero-order valence-electron chi connectivity index (χ0n) is 18.6. The number of halogens is 1. The molecule has 2 aromatic heterocycles. The van der Waals surface area contributed by atoms with Gasteiger partial charge in [0.25, 0.3) is 0 Å². The summed E-state index contributed by atoms with van der Waals surface area (Å²) in [6.45, 7) is 1.47. The number of aryl methyl sites for hydroxylation is 1. The quantitative estimate of drug-likeness (QED) is 0.396. The number of para-hydroxylation sites is 1. The number of imidazole rings is 1. The summed E-state index contributed by atoms with van der Waals surface area (Å²) in [6, 6.07) is 14.6. The Balaban J connectivity index is 1.52. The molecule has 7 nitrogen and oxygen atoms in total. The minimum Gasteiger partial charge on any atom is -0.339 e. The SMILES string of the molecule is CC(=O)N(c1ccccc1)c1nc(/C=C/C(=O)NC(c2cccc(F)c2)c2nccn2C)cs1. The summed E-state index contributed by atoms with van der Waals surface area (Å²) >= 11 is 1.30. The Morgan fingerprint density at radius 2 is 1.97 bits per heavy atom. The van der Waals surface area contributed by atoms with Crippen LogP contribution in [0.1, 0.15) is 30.0 Å². The highest BCUT2D eigenvalue weighted by atomic mass is 32.1. The number of aromatic nitrogens is 3. The normalized spacial score (nSPS) is 12.0. The van der Waals surface area contributed by atoms with Crippen molar-refractivity contribution < 1.29 is 14.0 Å². The number of nitrogens with one attached hydrogen (secondary N) is 1. The first-order valence-corrected chi connectivity index (χ1v) is 11.3. The van der Waals surface area contributed by atoms with E-state index >= 15 is 0 Å². The summed E-state index contributed by atoms with van der Waals surface area (Å²) in [5, 5.41) is 5.15. The number of benzene rings is 2. The van der Waals surface area contributed by atoms with Gasteiger partial charge in [-0.3, -0.25) is 14.5 Å². The largest absolute Gasteiger partial charge is 0.339 e. The van der Waals surface area contributed by atoms with Gasteiger partial charge in [0, 0.05) is 37.8 Å². The van der Waals surface area contributed by atoms with Crippen LogP contribution in [0.2, 0.25) is 0 Å². The van der Waals surface area contributed by atoms with Gasteiger partial charge in [-0.2, -0.15) is 0 Å². The van der Waals surface area contributed by atoms with Crippen LogP contribution in [0.4, 0.5) is 15.2 Å². The predicted octanol–water partition coefficient (Wildman–Crippen LogP) is 4.62. The summed E-state index contributed by atoms with van der Waals surface area (Å²) < 4.78 is 15.6. The summed E-state index contributed by atoms with van der Waals surface area (Å²) in [7, 11) is 1.81. The Morgan fingerprint density at radius 3 is 2.65 bits per heavy atom. The zero-order chi connectivity index (χ0) is 24.1. The molecule has 2 aromatic carbocycles. The third-order valence-electron chi connectivity index (χ3n) is 5.02. The first kappa shape index (κ1) is 23.1. The topological polar surface area (TPSA) is 80.1 Å². The summed E-state index contributed by atoms with van der Waals surface area (Å²) in [4.78, 5) is 35.3. The Bertz CT molecular complexity index is 1330. The maximum atomic E-state index is 13.8. The van der Waals surface area contributed by atoms with Crippen LogP contribution in [0.15, 0.2) is 78.4 Å². The Labute approximate surface area is 200 Å². The van der Waals surface area contributed by atoms with E-state index in [1.165, 1.54) is 41.4 Å². The summed E-state index contributed by atoms with van der Waals surface area (Å²) in [5.74, 6) is -0.381. The van der Waals surface area contributed by atoms with Crippen molar-refractivity contribution in [1.29, 1.82) is 0 Å². The van der Waals surface area contributed by atoms with E-state index in [1.807, 2.05) is 30.3 Å². The molecule has 0 aliphatic rings. The number of nitrogens with zero attached hydrogens (tertiary/aromatic N) is 4. The lowest BCUT2D eigenvalue weighted by atomic mass is 10.1. The Hall–Kier alpha value is -4.11. The molecule has 0 fully saturated rings. The van der Waals surface area contributed by atoms with E-state index < -0.39 is 17.8 Å². The molecule has 1 atom stereocenters. The molecule has 1 N–H and O–H groups in total. The third kappa shape index (κ3) is 5.26. The number of thiazole rings is 1. The number of hydrogen-bond acceptors (Lipinski definition) is 5. The van der Waals surface area contributed by atoms with Crippen molar-refractivity contribution >= 4 is 40.0 Å². The number of rotatable bonds is 7. The Morgan fingerprint density at radius 1 is 1.18 bits per heavy atom. The van der Waals surface area contributed by atoms with Crippen LogP contribution >= 0.6 is 11.3 Å². The maximum absolute atomic E-state index is 13.8. The minimum absolute atomic E-state index is 0.165. The van der Waals surface area contributed by atoms with Crippen LogP contribution < -0.4 is 10.2 Å². The van der Waals surface area contributed by atoms with Gasteiger partial charge in [0.15, 0.2) is 5.13 Å². The van der Waals surface area contributed by atoms with Crippen LogP contribution in [-0.4, -0.2) is 26.3 Å². The molecule has 0 aliphatic carbocycles. The van der Waals surface area contributed by atoms with Crippen molar-refractivity contribution in [2.45, 2.75) is 13.0 Å². The molecule has 0 radical (unpaired) electrons. The molecular weight excluding hydrogens is 453 g/mol. The van der Waals surface area contributed by atoms with Gasteiger partial charge >= 0.3 is 0 Å². The van der Waals surface area contributed by atoms with E-state index in [1.54, 1.807) is 47.6 Å². The predicted molar refractivity (Wildman–Crippen MR) is 130 cm³/mol. The number of amides is 2. The van der Waals surface area contributed by atoms with Crippen molar-refractivity contribution in [3.05, 3.63) is 101 Å². The van der Waals surface area contributed by atoms with Crippen molar-refractivity contribution in [2.75, 3.05) is 4.90 Å². The highest BCUT2D eigenvalue weighted by Crippen LogP contribution is 2.29. The Kier molecular flexibility index (Phi) is 6.93. The second-order valence-electron chi connectivity index (χ2n) is 7.47. The van der Waals surface area contributed by atoms with Gasteiger partial charge in [0.05, 0.1) is 11.4 Å². The van der Waals surface area contributed by atoms with Crippen LogP contribution in [0, 0.1) is 5.82 Å². The summed E-state index contributed by atoms with van der Waals surface area (Å²) in [6.07, 6.45) is 6.30.